The van der Waals surface area contributed by atoms with Gasteiger partial charge >= 0.3 is 0 Å². The summed E-state index contributed by atoms with van der Waals surface area (Å²) in [6.45, 7) is 8.60. The largest absolute Gasteiger partial charge is 0.286 e. The second-order valence-electron chi connectivity index (χ2n) is 6.95. The molecule has 0 bridgehead atoms. The number of hydrogen-bond acceptors (Lipinski definition) is 2. The van der Waals surface area contributed by atoms with E-state index in [1.807, 2.05) is 6.92 Å². The van der Waals surface area contributed by atoms with Crippen molar-refractivity contribution in [2.24, 2.45) is 0 Å². The quantitative estimate of drug-likeness (QED) is 0.414. The highest BCUT2D eigenvalue weighted by Gasteiger charge is 2.13. The molecule has 0 amide bonds. The van der Waals surface area contributed by atoms with E-state index in [0.29, 0.717) is 6.42 Å². The van der Waals surface area contributed by atoms with Gasteiger partial charge in [-0.25, -0.2) is 0 Å². The summed E-state index contributed by atoms with van der Waals surface area (Å²) in [5.74, 6) is -0.108. The van der Waals surface area contributed by atoms with E-state index >= 15 is 0 Å². The van der Waals surface area contributed by atoms with E-state index in [9.17, 15) is 8.42 Å². The molecule has 0 aliphatic carbocycles. The van der Waals surface area contributed by atoms with Crippen LogP contribution in [0.2, 0.25) is 0 Å². The van der Waals surface area contributed by atoms with Gasteiger partial charge in [0.05, 0.1) is 5.75 Å². The van der Waals surface area contributed by atoms with Gasteiger partial charge in [-0.15, -0.1) is 0 Å². The van der Waals surface area contributed by atoms with Crippen LogP contribution in [0.1, 0.15) is 46.1 Å². The van der Waals surface area contributed by atoms with Gasteiger partial charge < -0.3 is 0 Å². The lowest BCUT2D eigenvalue weighted by molar-refractivity contribution is 0.480. The molecule has 0 unspecified atom stereocenters. The Labute approximate surface area is 170 Å². The highest BCUT2D eigenvalue weighted by Crippen LogP contribution is 2.28. The molecule has 0 radical (unpaired) electrons. The molecule has 0 saturated carbocycles. The monoisotopic (exact) mass is 494 g/mol. The second kappa shape index (κ2) is 11.0. The van der Waals surface area contributed by atoms with Crippen molar-refractivity contribution in [2.75, 3.05) is 5.75 Å². The first kappa shape index (κ1) is 25.0. The van der Waals surface area contributed by atoms with E-state index in [-0.39, 0.29) is 15.9 Å². The van der Waals surface area contributed by atoms with E-state index in [0.717, 1.165) is 6.42 Å². The number of halogens is 2. The van der Waals surface area contributed by atoms with Crippen LogP contribution in [0.15, 0.2) is 48.5 Å². The molecule has 0 heterocycles. The molecule has 0 aliphatic rings. The van der Waals surface area contributed by atoms with Gasteiger partial charge in [0, 0.05) is 3.57 Å². The average molecular weight is 494 g/mol. The molecule has 2 rings (SSSR count). The van der Waals surface area contributed by atoms with Gasteiger partial charge in [0.2, 0.25) is 0 Å². The van der Waals surface area contributed by atoms with Gasteiger partial charge in [0.1, 0.15) is 0 Å². The van der Waals surface area contributed by atoms with E-state index in [2.05, 4.69) is 91.9 Å². The molecule has 0 atom stereocenters. The molecule has 1 N–H and O–H groups in total. The lowest BCUT2D eigenvalue weighted by Crippen LogP contribution is -2.10. The average Bonchev–Trinajstić information content (AvgIpc) is 2.53. The smallest absolute Gasteiger partial charge is 0.264 e. The minimum atomic E-state index is -3.69. The Bertz CT molecular complexity index is 766. The standard InChI is InChI=1S/C16H17I.C4H10O3S.FH/c1-16(2,3)13-10-8-12(9-11-13)14-6-4-5-7-15(14)17;1-2-3-4-8(5,6)7;/h4-11H,1-3H3;2-4H2,1H3,(H,5,6,7);1H. The summed E-state index contributed by atoms with van der Waals surface area (Å²) >= 11 is 2.39. The predicted molar refractivity (Wildman–Crippen MR) is 117 cm³/mol. The Kier molecular flexibility index (Phi) is 10.6. The minimum absolute atomic E-state index is 0. The van der Waals surface area contributed by atoms with Crippen molar-refractivity contribution in [3.8, 4) is 11.1 Å². The molecular weight excluding hydrogens is 466 g/mol. The summed E-state index contributed by atoms with van der Waals surface area (Å²) in [6, 6.07) is 17.4. The zero-order valence-corrected chi connectivity index (χ0v) is 18.7. The van der Waals surface area contributed by atoms with Gasteiger partial charge in [0.15, 0.2) is 0 Å². The maximum Gasteiger partial charge on any atom is 0.264 e. The second-order valence-corrected chi connectivity index (χ2v) is 9.68. The molecule has 0 aromatic heterocycles. The highest BCUT2D eigenvalue weighted by molar-refractivity contribution is 14.1. The fourth-order valence-corrected chi connectivity index (χ4v) is 3.52. The summed E-state index contributed by atoms with van der Waals surface area (Å²) in [6.07, 6.45) is 1.33. The normalized spacial score (nSPS) is 11.2. The van der Waals surface area contributed by atoms with Gasteiger partial charge in [-0.3, -0.25) is 9.26 Å². The predicted octanol–water partition coefficient (Wildman–Crippen LogP) is 6.08. The fraction of sp³-hybridized carbons (Fsp3) is 0.400. The van der Waals surface area contributed by atoms with E-state index in [4.69, 9.17) is 4.55 Å². The Morgan fingerprint density at radius 1 is 1.00 bits per heavy atom. The zero-order chi connectivity index (χ0) is 19.1. The zero-order valence-electron chi connectivity index (χ0n) is 15.7. The van der Waals surface area contributed by atoms with Crippen molar-refractivity contribution >= 4 is 32.7 Å². The topological polar surface area (TPSA) is 54.4 Å². The molecule has 0 spiro atoms. The molecule has 26 heavy (non-hydrogen) atoms. The lowest BCUT2D eigenvalue weighted by atomic mass is 9.86. The molecule has 0 aliphatic heterocycles. The lowest BCUT2D eigenvalue weighted by Gasteiger charge is -2.19. The Morgan fingerprint density at radius 2 is 1.54 bits per heavy atom. The summed E-state index contributed by atoms with van der Waals surface area (Å²) in [5, 5.41) is 0. The van der Waals surface area contributed by atoms with Crippen LogP contribution in [-0.2, 0) is 15.5 Å². The van der Waals surface area contributed by atoms with Crippen molar-refractivity contribution < 1.29 is 17.7 Å². The van der Waals surface area contributed by atoms with Crippen molar-refractivity contribution in [2.45, 2.75) is 46.0 Å². The van der Waals surface area contributed by atoms with E-state index in [1.54, 1.807) is 0 Å². The SMILES string of the molecule is CC(C)(C)c1ccc(-c2ccccc2I)cc1.CCCCS(=O)(=O)O.F. The summed E-state index contributed by atoms with van der Waals surface area (Å²) < 4.78 is 29.3. The molecule has 6 heteroatoms. The first-order chi connectivity index (χ1) is 11.5. The Hall–Kier alpha value is -0.990. The molecular formula is C20H28FIO3S. The Balaban J connectivity index is 0.000000597. The Morgan fingerprint density at radius 3 is 1.92 bits per heavy atom. The van der Waals surface area contributed by atoms with Crippen LogP contribution in [0.4, 0.5) is 4.70 Å². The molecule has 0 fully saturated rings. The third-order valence-corrected chi connectivity index (χ3v) is 5.44. The number of unbranched alkanes of at least 4 members (excludes halogenated alkanes) is 1. The van der Waals surface area contributed by atoms with Crippen LogP contribution in [0.3, 0.4) is 0 Å². The van der Waals surface area contributed by atoms with Crippen LogP contribution >= 0.6 is 22.6 Å². The van der Waals surface area contributed by atoms with Gasteiger partial charge in [0.25, 0.3) is 10.1 Å². The van der Waals surface area contributed by atoms with Crippen molar-refractivity contribution in [3.05, 3.63) is 57.7 Å². The van der Waals surface area contributed by atoms with Crippen LogP contribution in [0.5, 0.6) is 0 Å². The van der Waals surface area contributed by atoms with Gasteiger partial charge in [-0.05, 0) is 57.2 Å². The molecule has 2 aromatic carbocycles. The summed E-state index contributed by atoms with van der Waals surface area (Å²) in [5.41, 5.74) is 4.21. The van der Waals surface area contributed by atoms with Crippen molar-refractivity contribution in [1.29, 1.82) is 0 Å². The van der Waals surface area contributed by atoms with Crippen LogP contribution in [-0.4, -0.2) is 18.7 Å². The van der Waals surface area contributed by atoms with Gasteiger partial charge in [-0.1, -0.05) is 76.6 Å². The molecule has 2 aromatic rings. The number of rotatable bonds is 4. The van der Waals surface area contributed by atoms with Crippen molar-refractivity contribution in [3.63, 3.8) is 0 Å². The third kappa shape index (κ3) is 9.09. The van der Waals surface area contributed by atoms with Crippen molar-refractivity contribution in [1.82, 2.24) is 0 Å². The first-order valence-corrected chi connectivity index (χ1v) is 11.0. The number of benzene rings is 2. The highest BCUT2D eigenvalue weighted by atomic mass is 127. The van der Waals surface area contributed by atoms with Crippen LogP contribution in [0.25, 0.3) is 11.1 Å². The first-order valence-electron chi connectivity index (χ1n) is 8.35. The fourth-order valence-electron chi connectivity index (χ4n) is 2.17. The minimum Gasteiger partial charge on any atom is -0.286 e. The van der Waals surface area contributed by atoms with Crippen LogP contribution < -0.4 is 0 Å². The maximum absolute atomic E-state index is 9.95. The molecule has 0 saturated heterocycles. The number of hydrogen-bond donors (Lipinski definition) is 1. The summed E-state index contributed by atoms with van der Waals surface area (Å²) in [7, 11) is -3.69. The third-order valence-electron chi connectivity index (χ3n) is 3.69. The summed E-state index contributed by atoms with van der Waals surface area (Å²) in [4.78, 5) is 0. The molecule has 3 nitrogen and oxygen atoms in total. The van der Waals surface area contributed by atoms with E-state index < -0.39 is 10.1 Å². The maximum atomic E-state index is 9.95. The molecule has 146 valence electrons. The van der Waals surface area contributed by atoms with Crippen LogP contribution in [0, 0.1) is 3.57 Å². The van der Waals surface area contributed by atoms with Gasteiger partial charge in [-0.2, -0.15) is 8.42 Å². The van der Waals surface area contributed by atoms with E-state index in [1.165, 1.54) is 20.3 Å².